The molecule has 0 amide bonds. The molecule has 0 N–H and O–H groups in total. The fourth-order valence-electron chi connectivity index (χ4n) is 0.829. The number of nitrogens with zero attached hydrogens (tertiary/aromatic N) is 2. The van der Waals surface area contributed by atoms with Gasteiger partial charge >= 0.3 is 17.8 Å². The van der Waals surface area contributed by atoms with E-state index in [0.29, 0.717) is 0 Å². The van der Waals surface area contributed by atoms with Gasteiger partial charge in [-0.05, 0) is 15.9 Å². The van der Waals surface area contributed by atoms with Crippen molar-refractivity contribution in [3.05, 3.63) is 37.2 Å². The Morgan fingerprint density at radius 3 is 2.57 bits per heavy atom. The first-order valence-electron chi connectivity index (χ1n) is 3.27. The Bertz CT molecular complexity index is 432. The van der Waals surface area contributed by atoms with Crippen LogP contribution in [-0.2, 0) is 0 Å². The zero-order chi connectivity index (χ0) is 10.9. The molecule has 0 fully saturated rings. The predicted molar refractivity (Wildman–Crippen MR) is 46.3 cm³/mol. The van der Waals surface area contributed by atoms with Gasteiger partial charge in [-0.2, -0.15) is 8.78 Å². The monoisotopic (exact) mass is 268 g/mol. The van der Waals surface area contributed by atoms with Crippen LogP contribution < -0.4 is 5.56 Å². The molecule has 1 heterocycles. The van der Waals surface area contributed by atoms with Crippen LogP contribution in [0.2, 0.25) is 0 Å². The van der Waals surface area contributed by atoms with Gasteiger partial charge in [0.25, 0.3) is 0 Å². The topological polar surface area (TPSA) is 65.1 Å². The van der Waals surface area contributed by atoms with Gasteiger partial charge < -0.3 is 0 Å². The Labute approximate surface area is 84.2 Å². The summed E-state index contributed by atoms with van der Waals surface area (Å²) >= 11 is 2.79. The zero-order valence-electron chi connectivity index (χ0n) is 6.49. The molecule has 0 aliphatic rings. The Morgan fingerprint density at radius 1 is 1.57 bits per heavy atom. The molecule has 1 rings (SSSR count). The van der Waals surface area contributed by atoms with Gasteiger partial charge in [0.05, 0.1) is 4.92 Å². The number of halogens is 3. The van der Waals surface area contributed by atoms with Crippen molar-refractivity contribution in [1.82, 2.24) is 4.57 Å². The van der Waals surface area contributed by atoms with Crippen LogP contribution in [0, 0.1) is 10.1 Å². The van der Waals surface area contributed by atoms with Gasteiger partial charge in [-0.15, -0.1) is 0 Å². The average Bonchev–Trinajstić information content (AvgIpc) is 2.07. The number of aromatic nitrogens is 1. The number of alkyl halides is 2. The first-order valence-corrected chi connectivity index (χ1v) is 4.07. The Kier molecular flexibility index (Phi) is 2.94. The van der Waals surface area contributed by atoms with E-state index in [9.17, 15) is 23.7 Å². The minimum absolute atomic E-state index is 0.0117. The minimum atomic E-state index is -3.10. The highest BCUT2D eigenvalue weighted by Gasteiger charge is 2.19. The summed E-state index contributed by atoms with van der Waals surface area (Å²) in [6.07, 6.45) is 0.792. The lowest BCUT2D eigenvalue weighted by Gasteiger charge is -2.03. The van der Waals surface area contributed by atoms with Crippen molar-refractivity contribution in [3.8, 4) is 0 Å². The molecule has 0 unspecified atom stereocenters. The highest BCUT2D eigenvalue weighted by Crippen LogP contribution is 2.17. The molecule has 0 saturated carbocycles. The van der Waals surface area contributed by atoms with E-state index in [1.54, 1.807) is 0 Å². The molecule has 8 heteroatoms. The van der Waals surface area contributed by atoms with Crippen molar-refractivity contribution in [3.63, 3.8) is 0 Å². The van der Waals surface area contributed by atoms with Gasteiger partial charge in [0.2, 0.25) is 0 Å². The molecule has 14 heavy (non-hydrogen) atoms. The minimum Gasteiger partial charge on any atom is -0.261 e. The average molecular weight is 269 g/mol. The van der Waals surface area contributed by atoms with Crippen LogP contribution in [0.3, 0.4) is 0 Å². The molecule has 0 bridgehead atoms. The first-order chi connectivity index (χ1) is 6.43. The molecule has 0 atom stereocenters. The lowest BCUT2D eigenvalue weighted by molar-refractivity contribution is -0.386. The fraction of sp³-hybridized carbons (Fsp3) is 0.167. The summed E-state index contributed by atoms with van der Waals surface area (Å²) < 4.78 is 24.4. The second-order valence-corrected chi connectivity index (χ2v) is 3.21. The van der Waals surface area contributed by atoms with Crippen molar-refractivity contribution >= 4 is 21.6 Å². The predicted octanol–water partition coefficient (Wildman–Crippen LogP) is 1.91. The van der Waals surface area contributed by atoms with Gasteiger partial charge in [0.1, 0.15) is 0 Å². The standard InChI is InChI=1S/C6H3BrF2N2O3/c7-3-1-4(11(13)14)5(12)10(2-3)6(8)9/h1-2,6H. The molecule has 1 aromatic heterocycles. The van der Waals surface area contributed by atoms with Crippen molar-refractivity contribution in [2.45, 2.75) is 6.55 Å². The molecule has 0 aliphatic carbocycles. The summed E-state index contributed by atoms with van der Waals surface area (Å²) in [5.74, 6) is 0. The quantitative estimate of drug-likeness (QED) is 0.608. The highest BCUT2D eigenvalue weighted by atomic mass is 79.9. The molecule has 0 saturated heterocycles. The van der Waals surface area contributed by atoms with E-state index in [2.05, 4.69) is 15.9 Å². The summed E-state index contributed by atoms with van der Waals surface area (Å²) in [6.45, 7) is -3.10. The molecule has 76 valence electrons. The normalized spacial score (nSPS) is 10.6. The van der Waals surface area contributed by atoms with Crippen LogP contribution in [0.5, 0.6) is 0 Å². The van der Waals surface area contributed by atoms with E-state index in [0.717, 1.165) is 12.3 Å². The molecule has 5 nitrogen and oxygen atoms in total. The number of hydrogen-bond donors (Lipinski definition) is 0. The molecule has 0 radical (unpaired) electrons. The van der Waals surface area contributed by atoms with E-state index in [1.807, 2.05) is 0 Å². The summed E-state index contributed by atoms with van der Waals surface area (Å²) in [7, 11) is 0. The molecule has 0 aromatic carbocycles. The Balaban J connectivity index is 3.48. The number of hydrogen-bond acceptors (Lipinski definition) is 3. The van der Waals surface area contributed by atoms with Gasteiger partial charge in [-0.3, -0.25) is 19.5 Å². The highest BCUT2D eigenvalue weighted by molar-refractivity contribution is 9.10. The van der Waals surface area contributed by atoms with Crippen LogP contribution in [0.1, 0.15) is 6.55 Å². The van der Waals surface area contributed by atoms with Gasteiger partial charge in [-0.1, -0.05) is 0 Å². The first kappa shape index (κ1) is 10.8. The molecular formula is C6H3BrF2N2O3. The Hall–Kier alpha value is -1.31. The smallest absolute Gasteiger partial charge is 0.261 e. The second kappa shape index (κ2) is 3.82. The third-order valence-corrected chi connectivity index (χ3v) is 1.83. The Morgan fingerprint density at radius 2 is 2.14 bits per heavy atom. The van der Waals surface area contributed by atoms with Crippen molar-refractivity contribution < 1.29 is 13.7 Å². The molecule has 0 aliphatic heterocycles. The van der Waals surface area contributed by atoms with E-state index >= 15 is 0 Å². The van der Waals surface area contributed by atoms with Crippen molar-refractivity contribution in [2.24, 2.45) is 0 Å². The maximum atomic E-state index is 12.2. The third-order valence-electron chi connectivity index (χ3n) is 1.40. The van der Waals surface area contributed by atoms with Gasteiger partial charge in [0.15, 0.2) is 0 Å². The number of pyridine rings is 1. The van der Waals surface area contributed by atoms with Gasteiger partial charge in [0, 0.05) is 16.7 Å². The summed E-state index contributed by atoms with van der Waals surface area (Å²) in [5, 5.41) is 10.3. The van der Waals surface area contributed by atoms with Gasteiger partial charge in [-0.25, -0.2) is 0 Å². The van der Waals surface area contributed by atoms with Crippen LogP contribution in [0.25, 0.3) is 0 Å². The maximum absolute atomic E-state index is 12.2. The van der Waals surface area contributed by atoms with E-state index in [1.165, 1.54) is 0 Å². The van der Waals surface area contributed by atoms with E-state index in [-0.39, 0.29) is 9.04 Å². The maximum Gasteiger partial charge on any atom is 0.335 e. The van der Waals surface area contributed by atoms with E-state index < -0.39 is 22.7 Å². The molecule has 0 spiro atoms. The summed E-state index contributed by atoms with van der Waals surface area (Å²) in [6, 6.07) is 0.876. The lowest BCUT2D eigenvalue weighted by atomic mass is 10.4. The lowest BCUT2D eigenvalue weighted by Crippen LogP contribution is -2.22. The zero-order valence-corrected chi connectivity index (χ0v) is 8.07. The van der Waals surface area contributed by atoms with Crippen LogP contribution in [0.4, 0.5) is 14.5 Å². The van der Waals surface area contributed by atoms with Crippen LogP contribution in [-0.4, -0.2) is 9.49 Å². The van der Waals surface area contributed by atoms with Crippen LogP contribution >= 0.6 is 15.9 Å². The molecule has 1 aromatic rings. The fourth-order valence-corrected chi connectivity index (χ4v) is 1.27. The van der Waals surface area contributed by atoms with E-state index in [4.69, 9.17) is 0 Å². The largest absolute Gasteiger partial charge is 0.335 e. The third kappa shape index (κ3) is 1.95. The summed E-state index contributed by atoms with van der Waals surface area (Å²) in [5.41, 5.74) is -2.21. The number of nitro groups is 1. The summed E-state index contributed by atoms with van der Waals surface area (Å²) in [4.78, 5) is 20.3. The van der Waals surface area contributed by atoms with Crippen LogP contribution in [0.15, 0.2) is 21.5 Å². The molecular weight excluding hydrogens is 266 g/mol. The van der Waals surface area contributed by atoms with Crippen molar-refractivity contribution in [1.29, 1.82) is 0 Å². The van der Waals surface area contributed by atoms with Crippen molar-refractivity contribution in [2.75, 3.05) is 0 Å². The second-order valence-electron chi connectivity index (χ2n) is 2.29. The SMILES string of the molecule is O=c1c([N+](=O)[O-])cc(Br)cn1C(F)F. The number of rotatable bonds is 2.